The lowest BCUT2D eigenvalue weighted by Crippen LogP contribution is -2.34. The molecule has 1 aromatic heterocycles. The van der Waals surface area contributed by atoms with Gasteiger partial charge < -0.3 is 20.1 Å². The highest BCUT2D eigenvalue weighted by Crippen LogP contribution is 2.36. The SMILES string of the molecule is CCOC(=O)c1c(-c2ccc(Br)cc2)csc1NC(=S)NC(=O)CCCOc1ccccc1. The fourth-order valence-electron chi connectivity index (χ4n) is 2.96. The Morgan fingerprint density at radius 2 is 1.82 bits per heavy atom. The maximum absolute atomic E-state index is 12.7. The van der Waals surface area contributed by atoms with Gasteiger partial charge in [0.25, 0.3) is 0 Å². The fourth-order valence-corrected chi connectivity index (χ4v) is 4.47. The third kappa shape index (κ3) is 7.38. The molecule has 0 aliphatic heterocycles. The quantitative estimate of drug-likeness (QED) is 0.194. The summed E-state index contributed by atoms with van der Waals surface area (Å²) in [6.45, 7) is 2.43. The molecular weight excluding hydrogens is 524 g/mol. The second kappa shape index (κ2) is 12.5. The van der Waals surface area contributed by atoms with Crippen molar-refractivity contribution >= 4 is 61.5 Å². The molecule has 9 heteroatoms. The summed E-state index contributed by atoms with van der Waals surface area (Å²) in [5, 5.41) is 8.14. The van der Waals surface area contributed by atoms with E-state index in [1.807, 2.05) is 60.0 Å². The first kappa shape index (κ1) is 24.9. The number of carbonyl (C=O) groups is 2. The molecule has 0 fully saturated rings. The van der Waals surface area contributed by atoms with Crippen LogP contribution >= 0.6 is 39.5 Å². The standard InChI is InChI=1S/C24H23BrN2O4S2/c1-2-30-23(29)21-19(16-10-12-17(25)13-11-16)15-33-22(21)27-24(32)26-20(28)9-6-14-31-18-7-4-3-5-8-18/h3-5,7-8,10-13,15H,2,6,9,14H2,1H3,(H2,26,27,28,32). The number of esters is 1. The first-order valence-corrected chi connectivity index (χ1v) is 12.4. The summed E-state index contributed by atoms with van der Waals surface area (Å²) in [5.74, 6) is 0.0822. The van der Waals surface area contributed by atoms with E-state index in [0.29, 0.717) is 23.6 Å². The number of hydrogen-bond donors (Lipinski definition) is 2. The number of halogens is 1. The van der Waals surface area contributed by atoms with E-state index in [2.05, 4.69) is 26.6 Å². The first-order valence-electron chi connectivity index (χ1n) is 10.3. The lowest BCUT2D eigenvalue weighted by Gasteiger charge is -2.11. The molecule has 3 aromatic rings. The maximum atomic E-state index is 12.7. The molecule has 2 aromatic carbocycles. The molecule has 33 heavy (non-hydrogen) atoms. The average Bonchev–Trinajstić information content (AvgIpc) is 3.21. The molecular formula is C24H23BrN2O4S2. The van der Waals surface area contributed by atoms with Crippen molar-refractivity contribution in [2.45, 2.75) is 19.8 Å². The van der Waals surface area contributed by atoms with Crippen LogP contribution in [0.25, 0.3) is 11.1 Å². The molecule has 0 aliphatic rings. The van der Waals surface area contributed by atoms with Crippen molar-refractivity contribution in [2.75, 3.05) is 18.5 Å². The van der Waals surface area contributed by atoms with Crippen LogP contribution in [0.3, 0.4) is 0 Å². The van der Waals surface area contributed by atoms with Gasteiger partial charge in [-0.25, -0.2) is 4.79 Å². The Balaban J connectivity index is 1.59. The summed E-state index contributed by atoms with van der Waals surface area (Å²) < 4.78 is 11.8. The lowest BCUT2D eigenvalue weighted by atomic mass is 10.0. The second-order valence-corrected chi connectivity index (χ2v) is 9.05. The number of carbonyl (C=O) groups excluding carboxylic acids is 2. The van der Waals surface area contributed by atoms with E-state index < -0.39 is 5.97 Å². The molecule has 2 N–H and O–H groups in total. The second-order valence-electron chi connectivity index (χ2n) is 6.85. The van der Waals surface area contributed by atoms with Crippen molar-refractivity contribution in [3.05, 3.63) is 70.0 Å². The average molecular weight is 547 g/mol. The molecule has 6 nitrogen and oxygen atoms in total. The van der Waals surface area contributed by atoms with Gasteiger partial charge in [-0.2, -0.15) is 0 Å². The number of thiocarbonyl (C=S) groups is 1. The van der Waals surface area contributed by atoms with Gasteiger partial charge in [-0.05, 0) is 55.4 Å². The molecule has 0 spiro atoms. The number of ether oxygens (including phenoxy) is 2. The van der Waals surface area contributed by atoms with E-state index in [1.165, 1.54) is 11.3 Å². The summed E-state index contributed by atoms with van der Waals surface area (Å²) in [6.07, 6.45) is 0.804. The van der Waals surface area contributed by atoms with Crippen molar-refractivity contribution in [1.82, 2.24) is 5.32 Å². The van der Waals surface area contributed by atoms with E-state index in [4.69, 9.17) is 21.7 Å². The third-order valence-electron chi connectivity index (χ3n) is 4.47. The van der Waals surface area contributed by atoms with Crippen molar-refractivity contribution in [1.29, 1.82) is 0 Å². The molecule has 0 radical (unpaired) electrons. The van der Waals surface area contributed by atoms with E-state index in [1.54, 1.807) is 6.92 Å². The van der Waals surface area contributed by atoms with Crippen LogP contribution in [0.1, 0.15) is 30.1 Å². The highest BCUT2D eigenvalue weighted by atomic mass is 79.9. The Hall–Kier alpha value is -2.75. The molecule has 0 unspecified atom stereocenters. The van der Waals surface area contributed by atoms with Crippen molar-refractivity contribution in [2.24, 2.45) is 0 Å². The van der Waals surface area contributed by atoms with Gasteiger partial charge in [0.15, 0.2) is 5.11 Å². The normalized spacial score (nSPS) is 10.4. The summed E-state index contributed by atoms with van der Waals surface area (Å²) in [4.78, 5) is 24.9. The Labute approximate surface area is 210 Å². The topological polar surface area (TPSA) is 76.7 Å². The van der Waals surface area contributed by atoms with Gasteiger partial charge in [-0.1, -0.05) is 46.3 Å². The number of hydrogen-bond acceptors (Lipinski definition) is 6. The predicted molar refractivity (Wildman–Crippen MR) is 139 cm³/mol. The first-order chi connectivity index (χ1) is 16.0. The van der Waals surface area contributed by atoms with Gasteiger partial charge in [-0.3, -0.25) is 4.79 Å². The summed E-state index contributed by atoms with van der Waals surface area (Å²) >= 11 is 10.0. The highest BCUT2D eigenvalue weighted by molar-refractivity contribution is 9.10. The molecule has 0 saturated heterocycles. The zero-order chi connectivity index (χ0) is 23.6. The fraction of sp³-hybridized carbons (Fsp3) is 0.208. The van der Waals surface area contributed by atoms with Crippen molar-refractivity contribution < 1.29 is 19.1 Å². The van der Waals surface area contributed by atoms with Gasteiger partial charge in [0.1, 0.15) is 16.3 Å². The third-order valence-corrected chi connectivity index (χ3v) is 6.09. The van der Waals surface area contributed by atoms with E-state index >= 15 is 0 Å². The van der Waals surface area contributed by atoms with Crippen LogP contribution in [0.4, 0.5) is 5.00 Å². The van der Waals surface area contributed by atoms with Gasteiger partial charge in [0.2, 0.25) is 5.91 Å². The van der Waals surface area contributed by atoms with Gasteiger partial charge in [0.05, 0.1) is 13.2 Å². The van der Waals surface area contributed by atoms with Gasteiger partial charge >= 0.3 is 5.97 Å². The summed E-state index contributed by atoms with van der Waals surface area (Å²) in [7, 11) is 0. The van der Waals surface area contributed by atoms with Gasteiger partial charge in [-0.15, -0.1) is 11.3 Å². The number of anilines is 1. The summed E-state index contributed by atoms with van der Waals surface area (Å²) in [6, 6.07) is 17.1. The number of thiophene rings is 1. The van der Waals surface area contributed by atoms with E-state index in [-0.39, 0.29) is 24.0 Å². The number of benzene rings is 2. The molecule has 3 rings (SSSR count). The van der Waals surface area contributed by atoms with Crippen LogP contribution in [0.5, 0.6) is 5.75 Å². The Morgan fingerprint density at radius 3 is 2.52 bits per heavy atom. The highest BCUT2D eigenvalue weighted by Gasteiger charge is 2.22. The molecule has 0 atom stereocenters. The van der Waals surface area contributed by atoms with Crippen molar-refractivity contribution in [3.8, 4) is 16.9 Å². The number of amides is 1. The summed E-state index contributed by atoms with van der Waals surface area (Å²) in [5.41, 5.74) is 2.00. The minimum absolute atomic E-state index is 0.124. The lowest BCUT2D eigenvalue weighted by molar-refractivity contribution is -0.119. The Kier molecular flexibility index (Phi) is 9.41. The van der Waals surface area contributed by atoms with Crippen LogP contribution < -0.4 is 15.4 Å². The van der Waals surface area contributed by atoms with Crippen LogP contribution in [0.15, 0.2) is 64.5 Å². The number of para-hydroxylation sites is 1. The molecule has 1 amide bonds. The molecule has 172 valence electrons. The van der Waals surface area contributed by atoms with E-state index in [0.717, 1.165) is 21.3 Å². The Bertz CT molecular complexity index is 1100. The molecule has 1 heterocycles. The Morgan fingerprint density at radius 1 is 1.09 bits per heavy atom. The molecule has 0 saturated carbocycles. The minimum Gasteiger partial charge on any atom is -0.494 e. The van der Waals surface area contributed by atoms with E-state index in [9.17, 15) is 9.59 Å². The zero-order valence-corrected chi connectivity index (χ0v) is 21.1. The maximum Gasteiger partial charge on any atom is 0.341 e. The van der Waals surface area contributed by atoms with Crippen molar-refractivity contribution in [3.63, 3.8) is 0 Å². The van der Waals surface area contributed by atoms with Crippen LogP contribution in [0.2, 0.25) is 0 Å². The molecule has 0 bridgehead atoms. The predicted octanol–water partition coefficient (Wildman–Crippen LogP) is 6.03. The van der Waals surface area contributed by atoms with Gasteiger partial charge in [0, 0.05) is 21.8 Å². The number of nitrogens with one attached hydrogen (secondary N) is 2. The van der Waals surface area contributed by atoms with Crippen LogP contribution in [-0.4, -0.2) is 30.2 Å². The largest absolute Gasteiger partial charge is 0.494 e. The monoisotopic (exact) mass is 546 g/mol. The number of rotatable bonds is 9. The minimum atomic E-state index is -0.452. The smallest absolute Gasteiger partial charge is 0.341 e. The molecule has 0 aliphatic carbocycles. The van der Waals surface area contributed by atoms with Crippen LogP contribution in [-0.2, 0) is 9.53 Å². The zero-order valence-electron chi connectivity index (χ0n) is 17.9. The van der Waals surface area contributed by atoms with Crippen LogP contribution in [0, 0.1) is 0 Å².